The smallest absolute Gasteiger partial charge is 0.250 e. The van der Waals surface area contributed by atoms with Crippen molar-refractivity contribution in [3.63, 3.8) is 0 Å². The number of halogens is 1. The molecule has 0 aromatic carbocycles. The van der Waals surface area contributed by atoms with Crippen LogP contribution in [0.25, 0.3) is 0 Å². The molecule has 3 heterocycles. The fourth-order valence-electron chi connectivity index (χ4n) is 2.68. The average Bonchev–Trinajstić information content (AvgIpc) is 3.04. The van der Waals surface area contributed by atoms with Crippen molar-refractivity contribution in [1.29, 1.82) is 0 Å². The van der Waals surface area contributed by atoms with Gasteiger partial charge in [-0.3, -0.25) is 14.4 Å². The number of hydrogen-bond donors (Lipinski definition) is 0. The first-order valence-corrected chi connectivity index (χ1v) is 7.50. The maximum absolute atomic E-state index is 11.6. The van der Waals surface area contributed by atoms with E-state index in [0.717, 1.165) is 36.2 Å². The highest BCUT2D eigenvalue weighted by molar-refractivity contribution is 9.10. The van der Waals surface area contributed by atoms with Crippen molar-refractivity contribution in [3.05, 3.63) is 51.1 Å². The Bertz CT molecular complexity index is 663. The van der Waals surface area contributed by atoms with Gasteiger partial charge in [0.25, 0.3) is 0 Å². The number of hydrogen-bond acceptors (Lipinski definition) is 3. The first-order valence-electron chi connectivity index (χ1n) is 6.70. The molecule has 1 saturated heterocycles. The lowest BCUT2D eigenvalue weighted by Crippen LogP contribution is -2.26. The Balaban J connectivity index is 1.69. The van der Waals surface area contributed by atoms with Gasteiger partial charge in [0.2, 0.25) is 5.56 Å². The Hall–Kier alpha value is -1.40. The van der Waals surface area contributed by atoms with Crippen LogP contribution in [0.1, 0.15) is 18.2 Å². The van der Waals surface area contributed by atoms with Gasteiger partial charge in [-0.15, -0.1) is 0 Å². The lowest BCUT2D eigenvalue weighted by atomic mass is 10.3. The van der Waals surface area contributed by atoms with E-state index in [-0.39, 0.29) is 5.56 Å². The molecular weight excluding hydrogens is 320 g/mol. The predicted molar refractivity (Wildman–Crippen MR) is 80.5 cm³/mol. The first kappa shape index (κ1) is 13.6. The number of pyridine rings is 1. The lowest BCUT2D eigenvalue weighted by molar-refractivity contribution is 0.303. The van der Waals surface area contributed by atoms with Gasteiger partial charge < -0.3 is 4.57 Å². The molecule has 5 nitrogen and oxygen atoms in total. The molecule has 6 heteroatoms. The SMILES string of the molecule is Cn1c(CN2CCC(n3cc(Br)cn3)C2)cccc1=O. The standard InChI is InChI=1S/C14H17BrN4O/c1-17-12(3-2-4-14(17)20)9-18-6-5-13(10-18)19-8-11(15)7-16-19/h2-4,7-8,13H,5-6,9-10H2,1H3. The van der Waals surface area contributed by atoms with Crippen molar-refractivity contribution >= 4 is 15.9 Å². The van der Waals surface area contributed by atoms with Crippen LogP contribution in [0.5, 0.6) is 0 Å². The molecule has 2 aromatic rings. The second kappa shape index (κ2) is 5.54. The van der Waals surface area contributed by atoms with Gasteiger partial charge in [0, 0.05) is 44.6 Å². The van der Waals surface area contributed by atoms with Crippen molar-refractivity contribution < 1.29 is 0 Å². The summed E-state index contributed by atoms with van der Waals surface area (Å²) in [6, 6.07) is 5.86. The number of rotatable bonds is 3. The minimum Gasteiger partial charge on any atom is -0.314 e. The summed E-state index contributed by atoms with van der Waals surface area (Å²) in [6.45, 7) is 2.81. The second-order valence-corrected chi connectivity index (χ2v) is 6.15. The molecule has 20 heavy (non-hydrogen) atoms. The Morgan fingerprint density at radius 1 is 1.45 bits per heavy atom. The minimum atomic E-state index is 0.0502. The molecule has 1 atom stereocenters. The van der Waals surface area contributed by atoms with Crippen LogP contribution in [0, 0.1) is 0 Å². The summed E-state index contributed by atoms with van der Waals surface area (Å²) >= 11 is 3.43. The summed E-state index contributed by atoms with van der Waals surface area (Å²) in [4.78, 5) is 14.0. The quantitative estimate of drug-likeness (QED) is 0.858. The monoisotopic (exact) mass is 336 g/mol. The molecule has 0 N–H and O–H groups in total. The molecule has 3 rings (SSSR count). The van der Waals surface area contributed by atoms with Gasteiger partial charge in [-0.05, 0) is 28.4 Å². The van der Waals surface area contributed by atoms with E-state index < -0.39 is 0 Å². The molecule has 1 fully saturated rings. The molecule has 0 aliphatic carbocycles. The maximum atomic E-state index is 11.6. The van der Waals surface area contributed by atoms with E-state index in [1.807, 2.05) is 36.3 Å². The van der Waals surface area contributed by atoms with Crippen molar-refractivity contribution in [2.24, 2.45) is 7.05 Å². The van der Waals surface area contributed by atoms with Gasteiger partial charge in [-0.25, -0.2) is 0 Å². The summed E-state index contributed by atoms with van der Waals surface area (Å²) in [5.41, 5.74) is 1.11. The summed E-state index contributed by atoms with van der Waals surface area (Å²) in [5.74, 6) is 0. The zero-order valence-corrected chi connectivity index (χ0v) is 13.0. The first-order chi connectivity index (χ1) is 9.63. The van der Waals surface area contributed by atoms with Crippen LogP contribution in [0.15, 0.2) is 39.9 Å². The Morgan fingerprint density at radius 3 is 3.05 bits per heavy atom. The van der Waals surface area contributed by atoms with Crippen LogP contribution in [0.2, 0.25) is 0 Å². The van der Waals surface area contributed by atoms with Crippen molar-refractivity contribution in [3.8, 4) is 0 Å². The highest BCUT2D eigenvalue weighted by Crippen LogP contribution is 2.23. The number of nitrogens with zero attached hydrogens (tertiary/aromatic N) is 4. The van der Waals surface area contributed by atoms with E-state index in [2.05, 4.69) is 25.9 Å². The van der Waals surface area contributed by atoms with Crippen LogP contribution in [0.3, 0.4) is 0 Å². The predicted octanol–water partition coefficient (Wildman–Crippen LogP) is 1.79. The van der Waals surface area contributed by atoms with Crippen LogP contribution < -0.4 is 5.56 Å². The van der Waals surface area contributed by atoms with Gasteiger partial charge in [0.05, 0.1) is 16.7 Å². The third-order valence-corrected chi connectivity index (χ3v) is 4.28. The van der Waals surface area contributed by atoms with E-state index in [1.165, 1.54) is 0 Å². The topological polar surface area (TPSA) is 43.1 Å². The van der Waals surface area contributed by atoms with E-state index >= 15 is 0 Å². The summed E-state index contributed by atoms with van der Waals surface area (Å²) in [5, 5.41) is 4.36. The molecule has 0 spiro atoms. The Morgan fingerprint density at radius 2 is 2.30 bits per heavy atom. The molecule has 0 bridgehead atoms. The lowest BCUT2D eigenvalue weighted by Gasteiger charge is -2.17. The Kier molecular flexibility index (Phi) is 3.76. The maximum Gasteiger partial charge on any atom is 0.250 e. The molecule has 1 unspecified atom stereocenters. The minimum absolute atomic E-state index is 0.0502. The van der Waals surface area contributed by atoms with E-state index in [0.29, 0.717) is 6.04 Å². The highest BCUT2D eigenvalue weighted by Gasteiger charge is 2.24. The van der Waals surface area contributed by atoms with Crippen LogP contribution >= 0.6 is 15.9 Å². The van der Waals surface area contributed by atoms with Crippen molar-refractivity contribution in [2.45, 2.75) is 19.0 Å². The third kappa shape index (κ3) is 2.71. The van der Waals surface area contributed by atoms with E-state index in [1.54, 1.807) is 10.6 Å². The summed E-state index contributed by atoms with van der Waals surface area (Å²) in [7, 11) is 1.83. The average molecular weight is 337 g/mol. The molecular formula is C14H17BrN4O. The van der Waals surface area contributed by atoms with Gasteiger partial charge >= 0.3 is 0 Å². The zero-order valence-electron chi connectivity index (χ0n) is 11.4. The van der Waals surface area contributed by atoms with Gasteiger partial charge in [-0.2, -0.15) is 5.10 Å². The van der Waals surface area contributed by atoms with Gasteiger partial charge in [0.1, 0.15) is 0 Å². The van der Waals surface area contributed by atoms with Crippen LogP contribution in [0.4, 0.5) is 0 Å². The molecule has 0 radical (unpaired) electrons. The van der Waals surface area contributed by atoms with Gasteiger partial charge in [0.15, 0.2) is 0 Å². The fourth-order valence-corrected chi connectivity index (χ4v) is 2.98. The second-order valence-electron chi connectivity index (χ2n) is 5.23. The summed E-state index contributed by atoms with van der Waals surface area (Å²) < 4.78 is 4.76. The fraction of sp³-hybridized carbons (Fsp3) is 0.429. The van der Waals surface area contributed by atoms with Crippen LogP contribution in [-0.4, -0.2) is 32.3 Å². The van der Waals surface area contributed by atoms with Gasteiger partial charge in [-0.1, -0.05) is 6.07 Å². The number of likely N-dealkylation sites (tertiary alicyclic amines) is 1. The largest absolute Gasteiger partial charge is 0.314 e. The molecule has 2 aromatic heterocycles. The molecule has 1 aliphatic rings. The number of aromatic nitrogens is 3. The summed E-state index contributed by atoms with van der Waals surface area (Å²) in [6.07, 6.45) is 4.94. The molecule has 1 aliphatic heterocycles. The van der Waals surface area contributed by atoms with Crippen LogP contribution in [-0.2, 0) is 13.6 Å². The normalized spacial score (nSPS) is 19.6. The zero-order chi connectivity index (χ0) is 14.1. The Labute approximate surface area is 125 Å². The van der Waals surface area contributed by atoms with E-state index in [4.69, 9.17) is 0 Å². The van der Waals surface area contributed by atoms with Crippen molar-refractivity contribution in [2.75, 3.05) is 13.1 Å². The van der Waals surface area contributed by atoms with Crippen molar-refractivity contribution in [1.82, 2.24) is 19.2 Å². The molecule has 106 valence electrons. The third-order valence-electron chi connectivity index (χ3n) is 3.87. The highest BCUT2D eigenvalue weighted by atomic mass is 79.9. The van der Waals surface area contributed by atoms with E-state index in [9.17, 15) is 4.79 Å². The molecule has 0 saturated carbocycles. The molecule has 0 amide bonds.